The van der Waals surface area contributed by atoms with Crippen LogP contribution in [-0.2, 0) is 0 Å². The van der Waals surface area contributed by atoms with Crippen molar-refractivity contribution in [3.8, 4) is 5.75 Å². The summed E-state index contributed by atoms with van der Waals surface area (Å²) in [6.45, 7) is 1.27. The molecule has 0 atom stereocenters. The van der Waals surface area contributed by atoms with Crippen LogP contribution < -0.4 is 9.64 Å². The van der Waals surface area contributed by atoms with Crippen LogP contribution in [0.4, 0.5) is 5.69 Å². The first kappa shape index (κ1) is 13.1. The molecule has 1 aromatic heterocycles. The lowest BCUT2D eigenvalue weighted by Crippen LogP contribution is -2.31. The molecule has 0 saturated carbocycles. The molecule has 0 fully saturated rings. The summed E-state index contributed by atoms with van der Waals surface area (Å²) in [6.07, 6.45) is 2.39. The maximum absolute atomic E-state index is 12.6. The predicted molar refractivity (Wildman–Crippen MR) is 80.2 cm³/mol. The van der Waals surface area contributed by atoms with Gasteiger partial charge < -0.3 is 9.64 Å². The van der Waals surface area contributed by atoms with Crippen LogP contribution in [0.2, 0.25) is 0 Å². The van der Waals surface area contributed by atoms with Crippen LogP contribution in [0.15, 0.2) is 47.2 Å². The molecule has 20 heavy (non-hydrogen) atoms. The second kappa shape index (κ2) is 5.63. The molecular weight excluding hydrogens is 320 g/mol. The van der Waals surface area contributed by atoms with Crippen molar-refractivity contribution in [3.63, 3.8) is 0 Å². The summed E-state index contributed by atoms with van der Waals surface area (Å²) in [6, 6.07) is 11.2. The number of rotatable bonds is 1. The van der Waals surface area contributed by atoms with Gasteiger partial charge in [-0.15, -0.1) is 0 Å². The molecule has 1 aliphatic heterocycles. The third-order valence-corrected chi connectivity index (χ3v) is 3.63. The number of para-hydroxylation sites is 2. The molecule has 0 saturated heterocycles. The highest BCUT2D eigenvalue weighted by Crippen LogP contribution is 2.31. The number of halogens is 1. The highest BCUT2D eigenvalue weighted by atomic mass is 79.9. The highest BCUT2D eigenvalue weighted by Gasteiger charge is 2.23. The number of aromatic nitrogens is 1. The Morgan fingerprint density at radius 1 is 1.25 bits per heavy atom. The van der Waals surface area contributed by atoms with Gasteiger partial charge in [-0.2, -0.15) is 0 Å². The lowest BCUT2D eigenvalue weighted by atomic mass is 10.2. The molecule has 4 nitrogen and oxygen atoms in total. The van der Waals surface area contributed by atoms with Crippen molar-refractivity contribution in [3.05, 3.63) is 52.8 Å². The van der Waals surface area contributed by atoms with Crippen LogP contribution in [0.5, 0.6) is 5.75 Å². The van der Waals surface area contributed by atoms with Crippen molar-refractivity contribution in [2.45, 2.75) is 6.42 Å². The predicted octanol–water partition coefficient (Wildman–Crippen LogP) is 3.27. The van der Waals surface area contributed by atoms with E-state index in [-0.39, 0.29) is 5.91 Å². The SMILES string of the molecule is O=C(c1ccc(Br)nc1)N1CCCOc2ccccc21. The standard InChI is InChI=1S/C15H13BrN2O2/c16-14-7-6-11(10-17-14)15(19)18-8-3-9-20-13-5-2-1-4-12(13)18/h1-2,4-7,10H,3,8-9H2. The molecule has 2 heterocycles. The van der Waals surface area contributed by atoms with Crippen molar-refractivity contribution in [1.82, 2.24) is 4.98 Å². The molecule has 0 bridgehead atoms. The van der Waals surface area contributed by atoms with E-state index in [1.54, 1.807) is 23.2 Å². The number of carbonyl (C=O) groups is 1. The van der Waals surface area contributed by atoms with Crippen molar-refractivity contribution < 1.29 is 9.53 Å². The van der Waals surface area contributed by atoms with Crippen LogP contribution in [0.3, 0.4) is 0 Å². The lowest BCUT2D eigenvalue weighted by molar-refractivity contribution is 0.0987. The number of amides is 1. The molecule has 1 amide bonds. The summed E-state index contributed by atoms with van der Waals surface area (Å²) in [4.78, 5) is 18.5. The zero-order valence-electron chi connectivity index (χ0n) is 10.8. The van der Waals surface area contributed by atoms with Gasteiger partial charge in [-0.1, -0.05) is 12.1 Å². The minimum absolute atomic E-state index is 0.0528. The summed E-state index contributed by atoms with van der Waals surface area (Å²) in [5, 5.41) is 0. The van der Waals surface area contributed by atoms with Gasteiger partial charge in [0.05, 0.1) is 17.9 Å². The van der Waals surface area contributed by atoms with Gasteiger partial charge in [0.15, 0.2) is 0 Å². The van der Waals surface area contributed by atoms with Gasteiger partial charge in [0.1, 0.15) is 10.4 Å². The molecule has 0 radical (unpaired) electrons. The number of carbonyl (C=O) groups excluding carboxylic acids is 1. The first-order chi connectivity index (χ1) is 9.75. The van der Waals surface area contributed by atoms with E-state index in [1.165, 1.54) is 0 Å². The number of pyridine rings is 1. The first-order valence-corrected chi connectivity index (χ1v) is 7.20. The van der Waals surface area contributed by atoms with Crippen LogP contribution >= 0.6 is 15.9 Å². The minimum atomic E-state index is -0.0528. The molecule has 1 aliphatic rings. The molecule has 102 valence electrons. The second-order valence-corrected chi connectivity index (χ2v) is 5.31. The number of hydrogen-bond acceptors (Lipinski definition) is 3. The van der Waals surface area contributed by atoms with Crippen LogP contribution in [0.25, 0.3) is 0 Å². The van der Waals surface area contributed by atoms with E-state index in [1.807, 2.05) is 24.3 Å². The molecule has 3 rings (SSSR count). The number of ether oxygens (including phenoxy) is 1. The normalized spacial score (nSPS) is 14.2. The summed E-state index contributed by atoms with van der Waals surface area (Å²) < 4.78 is 6.38. The van der Waals surface area contributed by atoms with Gasteiger partial charge in [-0.3, -0.25) is 4.79 Å². The molecule has 2 aromatic rings. The fourth-order valence-electron chi connectivity index (χ4n) is 2.20. The van der Waals surface area contributed by atoms with Gasteiger partial charge >= 0.3 is 0 Å². The van der Waals surface area contributed by atoms with Gasteiger partial charge in [0, 0.05) is 12.7 Å². The van der Waals surface area contributed by atoms with Crippen LogP contribution in [-0.4, -0.2) is 24.0 Å². The fourth-order valence-corrected chi connectivity index (χ4v) is 2.43. The molecule has 0 unspecified atom stereocenters. The third kappa shape index (κ3) is 2.54. The van der Waals surface area contributed by atoms with Gasteiger partial charge in [-0.25, -0.2) is 4.98 Å². The Labute approximate surface area is 125 Å². The Balaban J connectivity index is 1.97. The largest absolute Gasteiger partial charge is 0.491 e. The molecule has 0 spiro atoms. The highest BCUT2D eigenvalue weighted by molar-refractivity contribution is 9.10. The zero-order chi connectivity index (χ0) is 13.9. The number of benzene rings is 1. The smallest absolute Gasteiger partial charge is 0.259 e. The molecule has 1 aromatic carbocycles. The minimum Gasteiger partial charge on any atom is -0.491 e. The van der Waals surface area contributed by atoms with Crippen molar-refractivity contribution in [2.75, 3.05) is 18.1 Å². The molecular formula is C15H13BrN2O2. The number of hydrogen-bond donors (Lipinski definition) is 0. The van der Waals surface area contributed by atoms with E-state index in [9.17, 15) is 4.79 Å². The van der Waals surface area contributed by atoms with Crippen LogP contribution in [0, 0.1) is 0 Å². The Kier molecular flexibility index (Phi) is 3.69. The quantitative estimate of drug-likeness (QED) is 0.752. The summed E-state index contributed by atoms with van der Waals surface area (Å²) in [7, 11) is 0. The van der Waals surface area contributed by atoms with E-state index in [4.69, 9.17) is 4.74 Å². The van der Waals surface area contributed by atoms with Crippen molar-refractivity contribution >= 4 is 27.5 Å². The number of anilines is 1. The topological polar surface area (TPSA) is 42.4 Å². The van der Waals surface area contributed by atoms with E-state index in [2.05, 4.69) is 20.9 Å². The average Bonchev–Trinajstić information content (AvgIpc) is 2.69. The van der Waals surface area contributed by atoms with E-state index >= 15 is 0 Å². The van der Waals surface area contributed by atoms with E-state index in [0.29, 0.717) is 23.3 Å². The Hall–Kier alpha value is -1.88. The summed E-state index contributed by atoms with van der Waals surface area (Å²) in [5.74, 6) is 0.700. The van der Waals surface area contributed by atoms with Crippen molar-refractivity contribution in [1.29, 1.82) is 0 Å². The van der Waals surface area contributed by atoms with Crippen molar-refractivity contribution in [2.24, 2.45) is 0 Å². The zero-order valence-corrected chi connectivity index (χ0v) is 12.3. The third-order valence-electron chi connectivity index (χ3n) is 3.16. The first-order valence-electron chi connectivity index (χ1n) is 6.41. The summed E-state index contributed by atoms with van der Waals surface area (Å²) in [5.41, 5.74) is 1.39. The van der Waals surface area contributed by atoms with E-state index in [0.717, 1.165) is 17.9 Å². The summed E-state index contributed by atoms with van der Waals surface area (Å²) >= 11 is 3.27. The Morgan fingerprint density at radius 2 is 2.10 bits per heavy atom. The molecule has 0 aliphatic carbocycles. The number of fused-ring (bicyclic) bond motifs is 1. The van der Waals surface area contributed by atoms with E-state index < -0.39 is 0 Å². The van der Waals surface area contributed by atoms with Gasteiger partial charge in [-0.05, 0) is 46.6 Å². The number of nitrogens with zero attached hydrogens (tertiary/aromatic N) is 2. The monoisotopic (exact) mass is 332 g/mol. The van der Waals surface area contributed by atoms with Gasteiger partial charge in [0.2, 0.25) is 0 Å². The van der Waals surface area contributed by atoms with Crippen LogP contribution in [0.1, 0.15) is 16.8 Å². The second-order valence-electron chi connectivity index (χ2n) is 4.50. The maximum atomic E-state index is 12.6. The van der Waals surface area contributed by atoms with Gasteiger partial charge in [0.25, 0.3) is 5.91 Å². The molecule has 0 N–H and O–H groups in total. The molecule has 5 heteroatoms. The Bertz CT molecular complexity index is 628. The fraction of sp³-hybridized carbons (Fsp3) is 0.200. The Morgan fingerprint density at radius 3 is 2.90 bits per heavy atom. The maximum Gasteiger partial charge on any atom is 0.259 e. The average molecular weight is 333 g/mol. The lowest BCUT2D eigenvalue weighted by Gasteiger charge is -2.21.